The number of nitrogens with zero attached hydrogens (tertiary/aromatic N) is 1. The Morgan fingerprint density at radius 1 is 1.41 bits per heavy atom. The molecule has 0 aliphatic heterocycles. The van der Waals surface area contributed by atoms with E-state index in [-0.39, 0.29) is 16.9 Å². The van der Waals surface area contributed by atoms with Gasteiger partial charge in [0.15, 0.2) is 0 Å². The number of hydrogen-bond donors (Lipinski definition) is 2. The number of aryl methyl sites for hydroxylation is 1. The molecule has 0 spiro atoms. The Labute approximate surface area is 101 Å². The van der Waals surface area contributed by atoms with Crippen molar-refractivity contribution in [2.75, 3.05) is 0 Å². The molecule has 1 aromatic carbocycles. The smallest absolute Gasteiger partial charge is 0.294 e. The lowest BCUT2D eigenvalue weighted by Crippen LogP contribution is -1.99. The summed E-state index contributed by atoms with van der Waals surface area (Å²) in [6.07, 6.45) is 0.913. The number of nitriles is 1. The molecule has 2 atom stereocenters. The summed E-state index contributed by atoms with van der Waals surface area (Å²) < 4.78 is 29.6. The van der Waals surface area contributed by atoms with E-state index in [1.165, 1.54) is 12.1 Å². The van der Waals surface area contributed by atoms with E-state index in [9.17, 15) is 8.42 Å². The molecular weight excluding hydrogens is 240 g/mol. The van der Waals surface area contributed by atoms with Gasteiger partial charge in [-0.3, -0.25) is 4.55 Å². The lowest BCUT2D eigenvalue weighted by molar-refractivity contribution is 0.483. The molecule has 0 radical (unpaired) electrons. The third-order valence-electron chi connectivity index (χ3n) is 2.32. The van der Waals surface area contributed by atoms with Crippen LogP contribution in [-0.2, 0) is 10.1 Å². The Kier molecular flexibility index (Phi) is 4.23. The monoisotopic (exact) mass is 254 g/mol. The third kappa shape index (κ3) is 4.53. The quantitative estimate of drug-likeness (QED) is 0.730. The van der Waals surface area contributed by atoms with E-state index in [0.717, 1.165) is 12.0 Å². The predicted molar refractivity (Wildman–Crippen MR) is 62.7 cm³/mol. The highest BCUT2D eigenvalue weighted by Gasteiger charge is 2.32. The normalized spacial score (nSPS) is 22.0. The minimum Gasteiger partial charge on any atom is -0.326 e. The van der Waals surface area contributed by atoms with E-state index >= 15 is 0 Å². The van der Waals surface area contributed by atoms with Crippen LogP contribution < -0.4 is 5.73 Å². The second-order valence-corrected chi connectivity index (χ2v) is 5.34. The Bertz CT molecular complexity index is 517. The van der Waals surface area contributed by atoms with Gasteiger partial charge < -0.3 is 5.73 Å². The molecule has 1 aliphatic rings. The fraction of sp³-hybridized carbons (Fsp3) is 0.364. The molecule has 2 rings (SSSR count). The van der Waals surface area contributed by atoms with Crippen molar-refractivity contribution in [2.45, 2.75) is 24.3 Å². The molecule has 1 aromatic rings. The average Bonchev–Trinajstić information content (AvgIpc) is 2.95. The van der Waals surface area contributed by atoms with Gasteiger partial charge >= 0.3 is 0 Å². The van der Waals surface area contributed by atoms with Crippen LogP contribution >= 0.6 is 0 Å². The lowest BCUT2D eigenvalue weighted by Gasteiger charge is -1.95. The van der Waals surface area contributed by atoms with E-state index < -0.39 is 10.1 Å². The number of rotatable bonds is 1. The SMILES string of the molecule is Cc1ccc(S(=O)(=O)O)cc1.N#CC1CC1N. The van der Waals surface area contributed by atoms with Crippen LogP contribution in [0.5, 0.6) is 0 Å². The fourth-order valence-corrected chi connectivity index (χ4v) is 1.55. The summed E-state index contributed by atoms with van der Waals surface area (Å²) >= 11 is 0. The summed E-state index contributed by atoms with van der Waals surface area (Å²) in [6.45, 7) is 1.84. The minimum atomic E-state index is -4.02. The van der Waals surface area contributed by atoms with Gasteiger partial charge in [-0.1, -0.05) is 17.7 Å². The lowest BCUT2D eigenvalue weighted by atomic mass is 10.2. The number of nitrogens with two attached hydrogens (primary N) is 1. The Hall–Kier alpha value is -1.42. The van der Waals surface area contributed by atoms with Gasteiger partial charge in [0.2, 0.25) is 0 Å². The van der Waals surface area contributed by atoms with Gasteiger partial charge in [0.1, 0.15) is 0 Å². The molecule has 6 heteroatoms. The minimum absolute atomic E-state index is 0.0666. The van der Waals surface area contributed by atoms with Crippen molar-refractivity contribution in [1.29, 1.82) is 5.26 Å². The van der Waals surface area contributed by atoms with Crippen LogP contribution in [0, 0.1) is 24.2 Å². The highest BCUT2D eigenvalue weighted by atomic mass is 32.2. The summed E-state index contributed by atoms with van der Waals surface area (Å²) in [7, 11) is -4.02. The number of hydrogen-bond acceptors (Lipinski definition) is 4. The maximum absolute atomic E-state index is 10.5. The largest absolute Gasteiger partial charge is 0.326 e. The van der Waals surface area contributed by atoms with E-state index in [4.69, 9.17) is 15.5 Å². The molecule has 5 nitrogen and oxygen atoms in total. The zero-order valence-corrected chi connectivity index (χ0v) is 10.2. The highest BCUT2D eigenvalue weighted by molar-refractivity contribution is 7.85. The fourth-order valence-electron chi connectivity index (χ4n) is 1.07. The first-order valence-corrected chi connectivity index (χ1v) is 6.48. The van der Waals surface area contributed by atoms with Gasteiger partial charge in [0, 0.05) is 6.04 Å². The molecule has 1 aliphatic carbocycles. The Morgan fingerprint density at radius 2 is 1.88 bits per heavy atom. The Morgan fingerprint density at radius 3 is 2.12 bits per heavy atom. The Balaban J connectivity index is 0.000000202. The van der Waals surface area contributed by atoms with Crippen LogP contribution in [-0.4, -0.2) is 19.0 Å². The zero-order valence-electron chi connectivity index (χ0n) is 9.37. The highest BCUT2D eigenvalue weighted by Crippen LogP contribution is 2.25. The first-order valence-electron chi connectivity index (χ1n) is 5.04. The molecular formula is C11H14N2O3S. The standard InChI is InChI=1S/C7H8O3S.C4H6N2/c1-6-2-4-7(5-3-6)11(8,9)10;5-2-3-1-4(3)6/h2-5H,1H3,(H,8,9,10);3-4H,1,6H2. The van der Waals surface area contributed by atoms with Gasteiger partial charge in [0.25, 0.3) is 10.1 Å². The van der Waals surface area contributed by atoms with Crippen molar-refractivity contribution >= 4 is 10.1 Å². The molecule has 17 heavy (non-hydrogen) atoms. The first kappa shape index (κ1) is 13.6. The summed E-state index contributed by atoms with van der Waals surface area (Å²) in [6, 6.07) is 8.26. The summed E-state index contributed by atoms with van der Waals surface area (Å²) in [5.74, 6) is 0.185. The van der Waals surface area contributed by atoms with Crippen LogP contribution in [0.25, 0.3) is 0 Å². The van der Waals surface area contributed by atoms with Crippen LogP contribution in [0.3, 0.4) is 0 Å². The molecule has 1 saturated carbocycles. The molecule has 2 unspecified atom stereocenters. The topological polar surface area (TPSA) is 104 Å². The van der Waals surface area contributed by atoms with Gasteiger partial charge in [-0.25, -0.2) is 0 Å². The van der Waals surface area contributed by atoms with Crippen molar-refractivity contribution in [3.05, 3.63) is 29.8 Å². The van der Waals surface area contributed by atoms with Crippen molar-refractivity contribution < 1.29 is 13.0 Å². The molecule has 0 bridgehead atoms. The van der Waals surface area contributed by atoms with Crippen LogP contribution in [0.2, 0.25) is 0 Å². The van der Waals surface area contributed by atoms with E-state index in [0.29, 0.717) is 0 Å². The van der Waals surface area contributed by atoms with Gasteiger partial charge in [-0.2, -0.15) is 13.7 Å². The second kappa shape index (κ2) is 5.27. The molecule has 1 fully saturated rings. The van der Waals surface area contributed by atoms with Crippen molar-refractivity contribution in [1.82, 2.24) is 0 Å². The molecule has 0 saturated heterocycles. The van der Waals surface area contributed by atoms with Crippen molar-refractivity contribution in [3.63, 3.8) is 0 Å². The predicted octanol–water partition coefficient (Wildman–Crippen LogP) is 1.10. The summed E-state index contributed by atoms with van der Waals surface area (Å²) in [4.78, 5) is -0.0666. The maximum Gasteiger partial charge on any atom is 0.294 e. The molecule has 0 aromatic heterocycles. The van der Waals surface area contributed by atoms with Gasteiger partial charge in [0.05, 0.1) is 16.9 Å². The van der Waals surface area contributed by atoms with Crippen molar-refractivity contribution in [2.24, 2.45) is 11.7 Å². The molecule has 92 valence electrons. The van der Waals surface area contributed by atoms with E-state index in [1.54, 1.807) is 12.1 Å². The molecule has 3 N–H and O–H groups in total. The summed E-state index contributed by atoms with van der Waals surface area (Å²) in [5, 5.41) is 8.05. The van der Waals surface area contributed by atoms with Gasteiger partial charge in [-0.15, -0.1) is 0 Å². The van der Waals surface area contributed by atoms with E-state index in [2.05, 4.69) is 6.07 Å². The zero-order chi connectivity index (χ0) is 13.1. The van der Waals surface area contributed by atoms with Crippen LogP contribution in [0.15, 0.2) is 29.2 Å². The van der Waals surface area contributed by atoms with Gasteiger partial charge in [-0.05, 0) is 25.5 Å². The molecule has 0 heterocycles. The first-order chi connectivity index (χ1) is 7.84. The van der Waals surface area contributed by atoms with Crippen molar-refractivity contribution in [3.8, 4) is 6.07 Å². The maximum atomic E-state index is 10.5. The van der Waals surface area contributed by atoms with E-state index in [1.807, 2.05) is 6.92 Å². The summed E-state index contributed by atoms with van der Waals surface area (Å²) in [5.41, 5.74) is 6.21. The molecule has 0 amide bonds. The average molecular weight is 254 g/mol. The third-order valence-corrected chi connectivity index (χ3v) is 3.19. The van der Waals surface area contributed by atoms with Crippen LogP contribution in [0.1, 0.15) is 12.0 Å². The number of benzene rings is 1. The van der Waals surface area contributed by atoms with Crippen LogP contribution in [0.4, 0.5) is 0 Å². The second-order valence-electron chi connectivity index (χ2n) is 3.92.